The molecule has 0 aliphatic carbocycles. The number of rotatable bonds is 6. The lowest BCUT2D eigenvalue weighted by Gasteiger charge is -2.32. The zero-order chi connectivity index (χ0) is 22.8. The van der Waals surface area contributed by atoms with Crippen LogP contribution in [0.5, 0.6) is 17.2 Å². The number of carbonyl (C=O) groups excluding carboxylic acids is 2. The van der Waals surface area contributed by atoms with Crippen molar-refractivity contribution in [2.75, 3.05) is 33.4 Å². The number of carbonyl (C=O) groups is 2. The Bertz CT molecular complexity index is 1180. The van der Waals surface area contributed by atoms with Gasteiger partial charge in [0.05, 0.1) is 7.11 Å². The molecule has 1 aromatic heterocycles. The van der Waals surface area contributed by atoms with Crippen LogP contribution in [0.4, 0.5) is 0 Å². The van der Waals surface area contributed by atoms with Crippen LogP contribution < -0.4 is 14.2 Å². The van der Waals surface area contributed by atoms with Gasteiger partial charge in [-0.2, -0.15) is 0 Å². The number of fused-ring (bicyclic) bond motifs is 2. The van der Waals surface area contributed by atoms with E-state index in [1.54, 1.807) is 25.3 Å². The molecule has 172 valence electrons. The minimum atomic E-state index is -0.0528. The van der Waals surface area contributed by atoms with E-state index in [9.17, 15) is 9.59 Å². The average Bonchev–Trinajstić information content (AvgIpc) is 3.30. The summed E-state index contributed by atoms with van der Waals surface area (Å²) >= 11 is 0. The summed E-state index contributed by atoms with van der Waals surface area (Å²) in [5.74, 6) is 2.48. The summed E-state index contributed by atoms with van der Waals surface area (Å²) < 4.78 is 16.4. The molecule has 2 aliphatic heterocycles. The van der Waals surface area contributed by atoms with E-state index in [1.165, 1.54) is 10.9 Å². The second-order valence-corrected chi connectivity index (χ2v) is 8.59. The molecule has 0 radical (unpaired) electrons. The molecule has 2 aromatic carbocycles. The van der Waals surface area contributed by atoms with Gasteiger partial charge in [-0.25, -0.2) is 0 Å². The number of ether oxygens (including phenoxy) is 3. The number of likely N-dealkylation sites (tertiary alicyclic amines) is 1. The van der Waals surface area contributed by atoms with Gasteiger partial charge in [-0.05, 0) is 60.7 Å². The van der Waals surface area contributed by atoms with Crippen LogP contribution in [0.15, 0.2) is 42.6 Å². The molecular weight excluding hydrogens is 420 g/mol. The van der Waals surface area contributed by atoms with E-state index < -0.39 is 0 Å². The van der Waals surface area contributed by atoms with Crippen LogP contribution >= 0.6 is 0 Å². The largest absolute Gasteiger partial charge is 0.497 e. The van der Waals surface area contributed by atoms with E-state index in [0.29, 0.717) is 49.3 Å². The van der Waals surface area contributed by atoms with Crippen molar-refractivity contribution in [3.63, 3.8) is 0 Å². The lowest BCUT2D eigenvalue weighted by molar-refractivity contribution is -0.132. The monoisotopic (exact) mass is 448 g/mol. The molecule has 0 saturated carbocycles. The van der Waals surface area contributed by atoms with Gasteiger partial charge in [0.1, 0.15) is 19.0 Å². The van der Waals surface area contributed by atoms with Gasteiger partial charge in [0, 0.05) is 48.6 Å². The maximum Gasteiger partial charge on any atom is 0.223 e. The standard InChI is InChI=1S/C26H28N2O5/c1-31-19-3-4-22-20(15-19)21(16-27-22)17-8-10-28(11-9-17)26(30)7-5-23(29)18-2-6-24-25(14-18)33-13-12-32-24/h2-4,6,14-17,27H,5,7-13H2,1H3. The number of hydrogen-bond donors (Lipinski definition) is 1. The predicted molar refractivity (Wildman–Crippen MR) is 124 cm³/mol. The molecule has 2 aliphatic rings. The number of amides is 1. The van der Waals surface area contributed by atoms with Gasteiger partial charge in [-0.15, -0.1) is 0 Å². The molecule has 3 heterocycles. The Morgan fingerprint density at radius 1 is 1.03 bits per heavy atom. The Hall–Kier alpha value is -3.48. The van der Waals surface area contributed by atoms with Crippen molar-refractivity contribution >= 4 is 22.6 Å². The quantitative estimate of drug-likeness (QED) is 0.568. The maximum absolute atomic E-state index is 12.8. The number of methoxy groups -OCH3 is 1. The van der Waals surface area contributed by atoms with Crippen LogP contribution in [-0.4, -0.2) is 55.0 Å². The van der Waals surface area contributed by atoms with Gasteiger partial charge in [0.15, 0.2) is 17.3 Å². The first-order valence-corrected chi connectivity index (χ1v) is 11.5. The first kappa shape index (κ1) is 21.4. The fourth-order valence-electron chi connectivity index (χ4n) is 4.77. The van der Waals surface area contributed by atoms with Crippen molar-refractivity contribution in [1.29, 1.82) is 0 Å². The smallest absolute Gasteiger partial charge is 0.223 e. The van der Waals surface area contributed by atoms with Gasteiger partial charge in [0.25, 0.3) is 0 Å². The van der Waals surface area contributed by atoms with Crippen molar-refractivity contribution in [2.45, 2.75) is 31.6 Å². The summed E-state index contributed by atoms with van der Waals surface area (Å²) in [7, 11) is 1.68. The van der Waals surface area contributed by atoms with E-state index in [-0.39, 0.29) is 24.5 Å². The Labute approximate surface area is 192 Å². The summed E-state index contributed by atoms with van der Waals surface area (Å²) in [6.07, 6.45) is 4.32. The molecule has 3 aromatic rings. The number of H-pyrrole nitrogens is 1. The zero-order valence-electron chi connectivity index (χ0n) is 18.8. The van der Waals surface area contributed by atoms with Crippen LogP contribution in [-0.2, 0) is 4.79 Å². The van der Waals surface area contributed by atoms with E-state index in [4.69, 9.17) is 14.2 Å². The molecule has 5 rings (SSSR count). The fourth-order valence-corrected chi connectivity index (χ4v) is 4.77. The molecule has 33 heavy (non-hydrogen) atoms. The number of hydrogen-bond acceptors (Lipinski definition) is 5. The van der Waals surface area contributed by atoms with Crippen LogP contribution in [0, 0.1) is 0 Å². The Morgan fingerprint density at radius 3 is 2.61 bits per heavy atom. The van der Waals surface area contributed by atoms with Gasteiger partial charge in [0.2, 0.25) is 5.91 Å². The van der Waals surface area contributed by atoms with Crippen molar-refractivity contribution in [1.82, 2.24) is 9.88 Å². The molecule has 1 saturated heterocycles. The number of Topliss-reactive ketones (excluding diaryl/α,β-unsaturated/α-hetero) is 1. The zero-order valence-corrected chi connectivity index (χ0v) is 18.8. The van der Waals surface area contributed by atoms with E-state index >= 15 is 0 Å². The Morgan fingerprint density at radius 2 is 1.82 bits per heavy atom. The molecule has 1 amide bonds. The summed E-state index contributed by atoms with van der Waals surface area (Å²) in [6, 6.07) is 11.3. The number of piperidine rings is 1. The third-order valence-corrected chi connectivity index (χ3v) is 6.64. The van der Waals surface area contributed by atoms with E-state index in [0.717, 1.165) is 24.1 Å². The first-order valence-electron chi connectivity index (χ1n) is 11.5. The molecule has 0 spiro atoms. The predicted octanol–water partition coefficient (Wildman–Crippen LogP) is 4.32. The molecular formula is C26H28N2O5. The number of benzene rings is 2. The Kier molecular flexibility index (Phi) is 5.94. The van der Waals surface area contributed by atoms with Crippen molar-refractivity contribution in [3.8, 4) is 17.2 Å². The molecule has 7 heteroatoms. The molecule has 0 unspecified atom stereocenters. The van der Waals surface area contributed by atoms with Gasteiger partial charge >= 0.3 is 0 Å². The average molecular weight is 449 g/mol. The fraction of sp³-hybridized carbons (Fsp3) is 0.385. The number of nitrogens with zero attached hydrogens (tertiary/aromatic N) is 1. The number of aromatic amines is 1. The minimum absolute atomic E-state index is 0.0416. The molecule has 0 bridgehead atoms. The lowest BCUT2D eigenvalue weighted by atomic mass is 9.89. The lowest BCUT2D eigenvalue weighted by Crippen LogP contribution is -2.38. The van der Waals surface area contributed by atoms with Gasteiger partial charge in [-0.3, -0.25) is 9.59 Å². The molecule has 7 nitrogen and oxygen atoms in total. The second-order valence-electron chi connectivity index (χ2n) is 8.59. The summed E-state index contributed by atoms with van der Waals surface area (Å²) in [5, 5.41) is 1.18. The third-order valence-electron chi connectivity index (χ3n) is 6.64. The van der Waals surface area contributed by atoms with Gasteiger partial charge in [-0.1, -0.05) is 0 Å². The van der Waals surface area contributed by atoms with Crippen molar-refractivity contribution in [3.05, 3.63) is 53.7 Å². The number of nitrogens with one attached hydrogen (secondary N) is 1. The first-order chi connectivity index (χ1) is 16.1. The highest BCUT2D eigenvalue weighted by molar-refractivity contribution is 5.98. The highest BCUT2D eigenvalue weighted by Gasteiger charge is 2.26. The van der Waals surface area contributed by atoms with E-state index in [2.05, 4.69) is 17.2 Å². The third kappa shape index (κ3) is 4.40. The topological polar surface area (TPSA) is 80.9 Å². The Balaban J connectivity index is 1.15. The molecule has 0 atom stereocenters. The van der Waals surface area contributed by atoms with Crippen LogP contribution in [0.2, 0.25) is 0 Å². The second kappa shape index (κ2) is 9.17. The summed E-state index contributed by atoms with van der Waals surface area (Å²) in [5.41, 5.74) is 2.94. The summed E-state index contributed by atoms with van der Waals surface area (Å²) in [6.45, 7) is 2.40. The number of aromatic nitrogens is 1. The highest BCUT2D eigenvalue weighted by atomic mass is 16.6. The van der Waals surface area contributed by atoms with Gasteiger partial charge < -0.3 is 24.1 Å². The van der Waals surface area contributed by atoms with Crippen molar-refractivity contribution in [2.24, 2.45) is 0 Å². The van der Waals surface area contributed by atoms with E-state index in [1.807, 2.05) is 17.0 Å². The molecule has 1 fully saturated rings. The van der Waals surface area contributed by atoms with Crippen LogP contribution in [0.3, 0.4) is 0 Å². The number of ketones is 1. The highest BCUT2D eigenvalue weighted by Crippen LogP contribution is 2.35. The maximum atomic E-state index is 12.8. The minimum Gasteiger partial charge on any atom is -0.497 e. The van der Waals surface area contributed by atoms with Crippen LogP contribution in [0.1, 0.15) is 47.5 Å². The van der Waals surface area contributed by atoms with Crippen LogP contribution in [0.25, 0.3) is 10.9 Å². The van der Waals surface area contributed by atoms with Crippen molar-refractivity contribution < 1.29 is 23.8 Å². The molecule has 1 N–H and O–H groups in total. The normalized spacial score (nSPS) is 16.1. The summed E-state index contributed by atoms with van der Waals surface area (Å²) in [4.78, 5) is 30.6. The SMILES string of the molecule is COc1ccc2[nH]cc(C3CCN(C(=O)CCC(=O)c4ccc5c(c4)OCCO5)CC3)c2c1.